The van der Waals surface area contributed by atoms with Crippen molar-refractivity contribution < 1.29 is 50.7 Å². The maximum absolute atomic E-state index is 2.42. The summed E-state index contributed by atoms with van der Waals surface area (Å²) in [6.07, 6.45) is 28.1. The summed E-state index contributed by atoms with van der Waals surface area (Å²) in [4.78, 5) is 0. The Labute approximate surface area is 197 Å². The molecular weight excluding hydrogens is 542 g/mol. The summed E-state index contributed by atoms with van der Waals surface area (Å²) in [7, 11) is 0.750. The zero-order valence-electron chi connectivity index (χ0n) is 16.7. The molecular formula is C22H35Cl2HfSi-6. The molecule has 0 aromatic carbocycles. The van der Waals surface area contributed by atoms with E-state index in [0.29, 0.717) is 0 Å². The number of hydrogen-bond acceptors (Lipinski definition) is 0. The fraction of sp³-hybridized carbons (Fsp3) is 0.455. The second-order valence-corrected chi connectivity index (χ2v) is 7.38. The third-order valence-corrected chi connectivity index (χ3v) is 4.47. The second-order valence-electron chi connectivity index (χ2n) is 6.23. The van der Waals surface area contributed by atoms with E-state index in [1.54, 1.807) is 0 Å². The summed E-state index contributed by atoms with van der Waals surface area (Å²) in [5, 5.41) is 0. The molecule has 151 valence electrons. The Morgan fingerprint density at radius 1 is 0.692 bits per heavy atom. The summed E-state index contributed by atoms with van der Waals surface area (Å²) in [5.74, 6) is 3.23. The summed E-state index contributed by atoms with van der Waals surface area (Å²) >= 11 is 0. The monoisotopic (exact) mass is 577 g/mol. The van der Waals surface area contributed by atoms with E-state index in [2.05, 4.69) is 74.5 Å². The van der Waals surface area contributed by atoms with Crippen LogP contribution in [0.2, 0.25) is 13.1 Å². The van der Waals surface area contributed by atoms with Crippen molar-refractivity contribution in [3.63, 3.8) is 0 Å². The van der Waals surface area contributed by atoms with Crippen LogP contribution in [0.1, 0.15) is 25.7 Å². The number of rotatable bonds is 0. The largest absolute Gasteiger partial charge is 1.00 e. The van der Waals surface area contributed by atoms with Crippen LogP contribution in [0, 0.1) is 51.4 Å². The van der Waals surface area contributed by atoms with Gasteiger partial charge in [-0.1, -0.05) is 62.4 Å². The molecule has 4 rings (SSSR count). The Balaban J connectivity index is -0.000000139. The van der Waals surface area contributed by atoms with Gasteiger partial charge in [-0.05, 0) is 11.8 Å². The molecule has 1 radical (unpaired) electrons. The fourth-order valence-corrected chi connectivity index (χ4v) is 3.39. The first-order valence-electron chi connectivity index (χ1n) is 8.45. The van der Waals surface area contributed by atoms with Crippen molar-refractivity contribution >= 4 is 9.52 Å². The molecule has 0 bridgehead atoms. The first kappa shape index (κ1) is 34.2. The topological polar surface area (TPSA) is 0 Å². The van der Waals surface area contributed by atoms with Crippen molar-refractivity contribution in [3.05, 3.63) is 76.3 Å². The number of halogens is 2. The Morgan fingerprint density at radius 2 is 1.00 bits per heavy atom. The molecule has 2 fully saturated rings. The van der Waals surface area contributed by atoms with E-state index in [1.165, 1.54) is 25.7 Å². The molecule has 0 nitrogen and oxygen atoms in total. The van der Waals surface area contributed by atoms with Crippen molar-refractivity contribution in [3.8, 4) is 0 Å². The van der Waals surface area contributed by atoms with E-state index in [4.69, 9.17) is 0 Å². The van der Waals surface area contributed by atoms with Gasteiger partial charge in [0.1, 0.15) is 0 Å². The first-order chi connectivity index (χ1) is 10.3. The van der Waals surface area contributed by atoms with Gasteiger partial charge >= 0.3 is 0 Å². The van der Waals surface area contributed by atoms with Gasteiger partial charge in [-0.3, -0.25) is 0 Å². The van der Waals surface area contributed by atoms with Crippen LogP contribution in [0.4, 0.5) is 0 Å². The average Bonchev–Trinajstić information content (AvgIpc) is 3.17. The molecule has 0 spiro atoms. The Hall–Kier alpha value is 0.627. The minimum atomic E-state index is 0. The number of fused-ring (bicyclic) bond motifs is 2. The van der Waals surface area contributed by atoms with Crippen LogP contribution in [-0.4, -0.2) is 9.52 Å². The Morgan fingerprint density at radius 3 is 1.31 bits per heavy atom. The molecule has 0 aromatic rings. The van der Waals surface area contributed by atoms with Gasteiger partial charge in [-0.2, -0.15) is 12.8 Å². The van der Waals surface area contributed by atoms with Gasteiger partial charge in [0.05, 0.1) is 0 Å². The molecule has 2 saturated carbocycles. The van der Waals surface area contributed by atoms with Crippen molar-refractivity contribution in [1.29, 1.82) is 0 Å². The van der Waals surface area contributed by atoms with Crippen molar-refractivity contribution in [2.75, 3.05) is 0 Å². The summed E-state index contributed by atoms with van der Waals surface area (Å²) in [6, 6.07) is 0. The van der Waals surface area contributed by atoms with Gasteiger partial charge in [0, 0.05) is 35.4 Å². The van der Waals surface area contributed by atoms with Crippen molar-refractivity contribution in [2.24, 2.45) is 23.7 Å². The molecule has 0 amide bonds. The minimum Gasteiger partial charge on any atom is -1.00 e. The molecule has 0 heterocycles. The molecule has 4 heteroatoms. The standard InChI is InChI=1S/2C9H11.C2H7Si.2CH3.2ClH.Hf/c2*1-2-5-9-7-3-6-8(9)4-1;1-3-2;;;;;/h2*1-2,4-6,8-9H,3,7H2;3H,1-2H3;2*1H3;2*1H;/q2*-1;;2*-1;;;/p-2. The smallest absolute Gasteiger partial charge is 0.0213 e. The first-order valence-corrected chi connectivity index (χ1v) is 10.8. The molecule has 26 heavy (non-hydrogen) atoms. The summed E-state index contributed by atoms with van der Waals surface area (Å²) < 4.78 is 0. The molecule has 4 aliphatic rings. The fourth-order valence-electron chi connectivity index (χ4n) is 3.39. The molecule has 0 aromatic heterocycles. The molecule has 0 N–H and O–H groups in total. The molecule has 4 atom stereocenters. The van der Waals surface area contributed by atoms with E-state index in [1.807, 2.05) is 0 Å². The van der Waals surface area contributed by atoms with Gasteiger partial charge in [0.25, 0.3) is 0 Å². The van der Waals surface area contributed by atoms with Crippen LogP contribution in [0.3, 0.4) is 0 Å². The molecule has 0 saturated heterocycles. The van der Waals surface area contributed by atoms with Gasteiger partial charge in [0.15, 0.2) is 0 Å². The predicted octanol–water partition coefficient (Wildman–Crippen LogP) is 0.111. The maximum Gasteiger partial charge on any atom is 0.0213 e. The quantitative estimate of drug-likeness (QED) is 0.284. The van der Waals surface area contributed by atoms with E-state index >= 15 is 0 Å². The number of allylic oxidation sites excluding steroid dienone is 8. The zero-order valence-corrected chi connectivity index (χ0v) is 23.0. The van der Waals surface area contributed by atoms with Crippen molar-refractivity contribution in [1.82, 2.24) is 0 Å². The van der Waals surface area contributed by atoms with Crippen molar-refractivity contribution in [2.45, 2.75) is 38.8 Å². The van der Waals surface area contributed by atoms with Crippen LogP contribution >= 0.6 is 0 Å². The second kappa shape index (κ2) is 20.4. The molecule has 4 aliphatic carbocycles. The van der Waals surface area contributed by atoms with E-state index < -0.39 is 0 Å². The van der Waals surface area contributed by atoms with Gasteiger partial charge in [-0.25, -0.2) is 0 Å². The van der Waals surface area contributed by atoms with E-state index in [9.17, 15) is 0 Å². The van der Waals surface area contributed by atoms with E-state index in [0.717, 1.165) is 33.2 Å². The predicted molar refractivity (Wildman–Crippen MR) is 109 cm³/mol. The molecule has 0 aliphatic heterocycles. The zero-order chi connectivity index (χ0) is 14.9. The summed E-state index contributed by atoms with van der Waals surface area (Å²) in [6.45, 7) is 4.42. The van der Waals surface area contributed by atoms with Crippen LogP contribution in [0.5, 0.6) is 0 Å². The van der Waals surface area contributed by atoms with Gasteiger partial charge in [-0.15, -0.1) is 24.0 Å². The third-order valence-electron chi connectivity index (χ3n) is 4.47. The van der Waals surface area contributed by atoms with Crippen LogP contribution in [-0.2, 0) is 25.8 Å². The molecule has 4 unspecified atom stereocenters. The Bertz CT molecular complexity index is 344. The van der Waals surface area contributed by atoms with Gasteiger partial charge in [0.2, 0.25) is 0 Å². The summed E-state index contributed by atoms with van der Waals surface area (Å²) in [5.41, 5.74) is 0. The van der Waals surface area contributed by atoms with Crippen LogP contribution in [0.15, 0.2) is 48.6 Å². The Kier molecular flexibility index (Phi) is 26.8. The van der Waals surface area contributed by atoms with Gasteiger partial charge < -0.3 is 52.5 Å². The van der Waals surface area contributed by atoms with Crippen LogP contribution in [0.25, 0.3) is 0 Å². The normalized spacial score (nSPS) is 27.8. The van der Waals surface area contributed by atoms with E-state index in [-0.39, 0.29) is 65.5 Å². The number of hydrogen-bond donors (Lipinski definition) is 0. The SMILES string of the molecule is C1=CC2[CH-]CCC2C=C1.C1=CC2[CH-]CCC2C=C1.C[SiH]C.[CH3-].[CH3-].[Cl-].[Cl-].[Hf]. The average molecular weight is 577 g/mol. The van der Waals surface area contributed by atoms with Crippen LogP contribution < -0.4 is 24.8 Å². The minimum absolute atomic E-state index is 0. The maximum atomic E-state index is 2.42. The third kappa shape index (κ3) is 11.5.